The summed E-state index contributed by atoms with van der Waals surface area (Å²) in [6.07, 6.45) is 1.71. The second kappa shape index (κ2) is 5.46. The number of carbonyl (C=O) groups is 1. The third-order valence-electron chi connectivity index (χ3n) is 3.47. The van der Waals surface area contributed by atoms with Gasteiger partial charge in [-0.1, -0.05) is 18.2 Å². The Morgan fingerprint density at radius 3 is 2.35 bits per heavy atom. The summed E-state index contributed by atoms with van der Waals surface area (Å²) in [5, 5.41) is 9.99. The lowest BCUT2D eigenvalue weighted by Crippen LogP contribution is -1.97. The van der Waals surface area contributed by atoms with Gasteiger partial charge in [0.2, 0.25) is 0 Å². The van der Waals surface area contributed by atoms with Crippen molar-refractivity contribution < 1.29 is 18.7 Å². The van der Waals surface area contributed by atoms with Crippen molar-refractivity contribution in [2.45, 2.75) is 0 Å². The summed E-state index contributed by atoms with van der Waals surface area (Å²) in [5.74, 6) is -2.99. The summed E-state index contributed by atoms with van der Waals surface area (Å²) < 4.78 is 28.2. The van der Waals surface area contributed by atoms with Crippen molar-refractivity contribution in [3.63, 3.8) is 0 Å². The molecule has 1 heterocycles. The lowest BCUT2D eigenvalue weighted by Gasteiger charge is -2.12. The SMILES string of the molecule is [C-]#[N+]c1ccc2ccc(C(=O)O)cc2c1-c1c(F)cncc1F. The second-order valence-electron chi connectivity index (χ2n) is 4.79. The van der Waals surface area contributed by atoms with Crippen molar-refractivity contribution in [1.82, 2.24) is 4.98 Å². The van der Waals surface area contributed by atoms with Crippen molar-refractivity contribution in [3.8, 4) is 11.1 Å². The molecule has 0 saturated carbocycles. The van der Waals surface area contributed by atoms with Crippen LogP contribution in [0.3, 0.4) is 0 Å². The number of nitrogens with zero attached hydrogens (tertiary/aromatic N) is 2. The molecule has 0 fully saturated rings. The van der Waals surface area contributed by atoms with Gasteiger partial charge in [0, 0.05) is 11.1 Å². The summed E-state index contributed by atoms with van der Waals surface area (Å²) in [5.41, 5.74) is -0.364. The van der Waals surface area contributed by atoms with Gasteiger partial charge in [0.25, 0.3) is 0 Å². The minimum Gasteiger partial charge on any atom is -0.478 e. The van der Waals surface area contributed by atoms with Crippen LogP contribution >= 0.6 is 0 Å². The number of halogens is 2. The van der Waals surface area contributed by atoms with E-state index in [4.69, 9.17) is 11.7 Å². The predicted octanol–water partition coefficient (Wildman–Crippen LogP) is 4.43. The molecule has 2 aromatic carbocycles. The van der Waals surface area contributed by atoms with Crippen LogP contribution in [0.15, 0.2) is 42.7 Å². The summed E-state index contributed by atoms with van der Waals surface area (Å²) in [6.45, 7) is 7.24. The lowest BCUT2D eigenvalue weighted by atomic mass is 9.95. The van der Waals surface area contributed by atoms with E-state index < -0.39 is 17.6 Å². The molecule has 0 radical (unpaired) electrons. The van der Waals surface area contributed by atoms with E-state index in [9.17, 15) is 13.6 Å². The Labute approximate surface area is 129 Å². The van der Waals surface area contributed by atoms with Gasteiger partial charge < -0.3 is 5.11 Å². The standard InChI is InChI=1S/C17H8F2N2O2/c1-20-14-5-4-9-2-3-10(17(22)23)6-11(9)15(14)16-12(18)7-21-8-13(16)19/h2-8H,(H,22,23). The average Bonchev–Trinajstić information content (AvgIpc) is 2.54. The van der Waals surface area contributed by atoms with Crippen molar-refractivity contribution in [2.75, 3.05) is 0 Å². The molecule has 0 saturated heterocycles. The fourth-order valence-electron chi connectivity index (χ4n) is 2.45. The fourth-order valence-corrected chi connectivity index (χ4v) is 2.45. The molecule has 112 valence electrons. The molecule has 4 nitrogen and oxygen atoms in total. The van der Waals surface area contributed by atoms with Crippen LogP contribution in [0.1, 0.15) is 10.4 Å². The lowest BCUT2D eigenvalue weighted by molar-refractivity contribution is 0.0697. The Morgan fingerprint density at radius 1 is 1.09 bits per heavy atom. The van der Waals surface area contributed by atoms with Gasteiger partial charge in [-0.25, -0.2) is 18.4 Å². The summed E-state index contributed by atoms with van der Waals surface area (Å²) in [4.78, 5) is 17.9. The van der Waals surface area contributed by atoms with Gasteiger partial charge in [-0.15, -0.1) is 0 Å². The number of benzene rings is 2. The highest BCUT2D eigenvalue weighted by molar-refractivity contribution is 6.05. The molecule has 0 amide bonds. The van der Waals surface area contributed by atoms with Crippen LogP contribution in [0.2, 0.25) is 0 Å². The molecule has 23 heavy (non-hydrogen) atoms. The topological polar surface area (TPSA) is 54.5 Å². The maximum Gasteiger partial charge on any atom is 0.335 e. The molecule has 0 atom stereocenters. The molecular weight excluding hydrogens is 302 g/mol. The number of hydrogen-bond donors (Lipinski definition) is 1. The molecule has 0 unspecified atom stereocenters. The van der Waals surface area contributed by atoms with E-state index in [0.29, 0.717) is 10.8 Å². The van der Waals surface area contributed by atoms with Gasteiger partial charge in [0.15, 0.2) is 17.3 Å². The molecule has 0 aliphatic rings. The monoisotopic (exact) mass is 310 g/mol. The number of rotatable bonds is 2. The van der Waals surface area contributed by atoms with Crippen LogP contribution in [-0.2, 0) is 0 Å². The molecule has 0 spiro atoms. The maximum absolute atomic E-state index is 14.1. The van der Waals surface area contributed by atoms with E-state index in [1.807, 2.05) is 0 Å². The van der Waals surface area contributed by atoms with Crippen LogP contribution in [0.5, 0.6) is 0 Å². The van der Waals surface area contributed by atoms with Gasteiger partial charge in [-0.3, -0.25) is 4.98 Å². The molecule has 3 rings (SSSR count). The largest absolute Gasteiger partial charge is 0.478 e. The quantitative estimate of drug-likeness (QED) is 0.712. The van der Waals surface area contributed by atoms with Crippen molar-refractivity contribution in [1.29, 1.82) is 0 Å². The first kappa shape index (κ1) is 14.6. The molecule has 0 aliphatic heterocycles. The van der Waals surface area contributed by atoms with E-state index >= 15 is 0 Å². The zero-order chi connectivity index (χ0) is 16.6. The highest BCUT2D eigenvalue weighted by Gasteiger charge is 2.19. The van der Waals surface area contributed by atoms with Crippen molar-refractivity contribution in [2.24, 2.45) is 0 Å². The highest BCUT2D eigenvalue weighted by Crippen LogP contribution is 2.39. The van der Waals surface area contributed by atoms with Crippen LogP contribution in [-0.4, -0.2) is 16.1 Å². The number of carboxylic acid groups (broad SMARTS) is 1. The number of aromatic nitrogens is 1. The van der Waals surface area contributed by atoms with Gasteiger partial charge in [0.1, 0.15) is 0 Å². The number of pyridine rings is 1. The minimum absolute atomic E-state index is 0.0259. The smallest absolute Gasteiger partial charge is 0.335 e. The van der Waals surface area contributed by atoms with Crippen molar-refractivity contribution in [3.05, 3.63) is 71.3 Å². The van der Waals surface area contributed by atoms with Gasteiger partial charge in [0.05, 0.1) is 24.5 Å². The molecule has 1 N–H and O–H groups in total. The molecule has 1 aromatic heterocycles. The number of fused-ring (bicyclic) bond motifs is 1. The Morgan fingerprint density at radius 2 is 1.74 bits per heavy atom. The minimum atomic E-state index is -1.17. The Balaban J connectivity index is 2.49. The molecule has 6 heteroatoms. The second-order valence-corrected chi connectivity index (χ2v) is 4.79. The fraction of sp³-hybridized carbons (Fsp3) is 0. The van der Waals surface area contributed by atoms with Gasteiger partial charge in [-0.05, 0) is 22.9 Å². The Kier molecular flexibility index (Phi) is 3.47. The van der Waals surface area contributed by atoms with Crippen LogP contribution < -0.4 is 0 Å². The van der Waals surface area contributed by atoms with E-state index in [1.54, 1.807) is 6.07 Å². The third-order valence-corrected chi connectivity index (χ3v) is 3.47. The van der Waals surface area contributed by atoms with Crippen LogP contribution in [0, 0.1) is 18.2 Å². The zero-order valence-corrected chi connectivity index (χ0v) is 11.5. The van der Waals surface area contributed by atoms with E-state index in [0.717, 1.165) is 12.4 Å². The Hall–Kier alpha value is -3.33. The molecule has 3 aromatic rings. The molecular formula is C17H8F2N2O2. The summed E-state index contributed by atoms with van der Waals surface area (Å²) in [6, 6.07) is 7.29. The first-order valence-electron chi connectivity index (χ1n) is 6.50. The van der Waals surface area contributed by atoms with Crippen LogP contribution in [0.25, 0.3) is 26.7 Å². The highest BCUT2D eigenvalue weighted by atomic mass is 19.1. The number of aromatic carboxylic acids is 1. The summed E-state index contributed by atoms with van der Waals surface area (Å²) in [7, 11) is 0. The van der Waals surface area contributed by atoms with E-state index in [-0.39, 0.29) is 22.4 Å². The normalized spacial score (nSPS) is 10.5. The first-order valence-corrected chi connectivity index (χ1v) is 6.50. The van der Waals surface area contributed by atoms with E-state index in [1.165, 1.54) is 24.3 Å². The van der Waals surface area contributed by atoms with Crippen LogP contribution in [0.4, 0.5) is 14.5 Å². The summed E-state index contributed by atoms with van der Waals surface area (Å²) >= 11 is 0. The average molecular weight is 310 g/mol. The zero-order valence-electron chi connectivity index (χ0n) is 11.5. The molecule has 0 bridgehead atoms. The maximum atomic E-state index is 14.1. The van der Waals surface area contributed by atoms with Crippen molar-refractivity contribution >= 4 is 22.4 Å². The first-order chi connectivity index (χ1) is 11.0. The van der Waals surface area contributed by atoms with Gasteiger partial charge >= 0.3 is 5.97 Å². The predicted molar refractivity (Wildman–Crippen MR) is 80.3 cm³/mol. The Bertz CT molecular complexity index is 974. The van der Waals surface area contributed by atoms with E-state index in [2.05, 4.69) is 9.83 Å². The third kappa shape index (κ3) is 2.38. The van der Waals surface area contributed by atoms with Gasteiger partial charge in [-0.2, -0.15) is 0 Å². The number of carboxylic acids is 1. The molecule has 0 aliphatic carbocycles. The number of hydrogen-bond acceptors (Lipinski definition) is 2.